The molecule has 2 N–H and O–H groups in total. The first-order chi connectivity index (χ1) is 10.4. The van der Waals surface area contributed by atoms with Gasteiger partial charge in [0, 0.05) is 26.9 Å². The number of allylic oxidation sites excluding steroid dienone is 1. The van der Waals surface area contributed by atoms with Crippen LogP contribution in [0.2, 0.25) is 10.0 Å². The van der Waals surface area contributed by atoms with Crippen LogP contribution in [0.15, 0.2) is 43.0 Å². The maximum Gasteiger partial charge on any atom is 0.136 e. The molecule has 1 saturated carbocycles. The topological polar surface area (TPSA) is 35.2 Å². The Labute approximate surface area is 140 Å². The van der Waals surface area contributed by atoms with E-state index in [1.807, 2.05) is 37.3 Å². The zero-order chi connectivity index (χ0) is 15.9. The van der Waals surface area contributed by atoms with Crippen LogP contribution in [-0.4, -0.2) is 0 Å². The van der Waals surface area contributed by atoms with Crippen LogP contribution in [0.25, 0.3) is 5.57 Å². The van der Waals surface area contributed by atoms with Crippen molar-refractivity contribution in [1.29, 1.82) is 0 Å². The molecule has 0 aromatic heterocycles. The van der Waals surface area contributed by atoms with Gasteiger partial charge in [0.05, 0.1) is 0 Å². The van der Waals surface area contributed by atoms with Crippen molar-refractivity contribution in [2.24, 2.45) is 0 Å². The lowest BCUT2D eigenvalue weighted by Gasteiger charge is -2.22. The first-order valence-corrected chi connectivity index (χ1v) is 7.87. The Morgan fingerprint density at radius 3 is 2.50 bits per heavy atom. The van der Waals surface area contributed by atoms with Crippen molar-refractivity contribution in [3.8, 4) is 5.75 Å². The lowest BCUT2D eigenvalue weighted by molar-refractivity contribution is 0.180. The highest BCUT2D eigenvalue weighted by Crippen LogP contribution is 2.52. The predicted octanol–water partition coefficient (Wildman–Crippen LogP) is 5.68. The van der Waals surface area contributed by atoms with E-state index in [4.69, 9.17) is 33.7 Å². The van der Waals surface area contributed by atoms with Gasteiger partial charge in [-0.25, -0.2) is 0 Å². The molecule has 0 atom stereocenters. The number of anilines is 1. The van der Waals surface area contributed by atoms with Crippen LogP contribution in [0.3, 0.4) is 0 Å². The minimum atomic E-state index is -0.373. The molecule has 0 bridgehead atoms. The minimum absolute atomic E-state index is 0.373. The van der Waals surface area contributed by atoms with Crippen LogP contribution >= 0.6 is 23.2 Å². The highest BCUT2D eigenvalue weighted by Gasteiger charge is 2.48. The molecule has 1 fully saturated rings. The van der Waals surface area contributed by atoms with Crippen molar-refractivity contribution in [2.75, 3.05) is 5.73 Å². The van der Waals surface area contributed by atoms with E-state index >= 15 is 0 Å². The first kappa shape index (κ1) is 15.3. The van der Waals surface area contributed by atoms with E-state index in [2.05, 4.69) is 6.58 Å². The second kappa shape index (κ2) is 5.53. The Balaban J connectivity index is 1.98. The Morgan fingerprint density at radius 1 is 1.18 bits per heavy atom. The van der Waals surface area contributed by atoms with Crippen LogP contribution in [0.5, 0.6) is 5.75 Å². The fraction of sp³-hybridized carbons (Fsp3) is 0.222. The SMILES string of the molecule is C=C(C)c1cc(N)ccc1OC1(c2ccc(Cl)cc2Cl)CC1. The van der Waals surface area contributed by atoms with Gasteiger partial charge in [0.2, 0.25) is 0 Å². The quantitative estimate of drug-likeness (QED) is 0.731. The summed E-state index contributed by atoms with van der Waals surface area (Å²) in [5.41, 5.74) is 9.00. The molecule has 114 valence electrons. The van der Waals surface area contributed by atoms with Crippen LogP contribution in [0.4, 0.5) is 5.69 Å². The predicted molar refractivity (Wildman–Crippen MR) is 93.6 cm³/mol. The Kier molecular flexibility index (Phi) is 3.84. The zero-order valence-corrected chi connectivity index (χ0v) is 13.8. The standard InChI is InChI=1S/C18H17Cl2NO/c1-11(2)14-10-13(21)4-6-17(14)22-18(7-8-18)15-5-3-12(19)9-16(15)20/h3-6,9-10H,1,7-8,21H2,2H3. The molecule has 0 amide bonds. The van der Waals surface area contributed by atoms with Crippen molar-refractivity contribution in [3.05, 3.63) is 64.1 Å². The summed E-state index contributed by atoms with van der Waals surface area (Å²) in [6.45, 7) is 5.94. The third-order valence-corrected chi connectivity index (χ3v) is 4.44. The van der Waals surface area contributed by atoms with E-state index < -0.39 is 0 Å². The Morgan fingerprint density at radius 2 is 1.91 bits per heavy atom. The van der Waals surface area contributed by atoms with Crippen molar-refractivity contribution < 1.29 is 4.74 Å². The van der Waals surface area contributed by atoms with Gasteiger partial charge in [0.25, 0.3) is 0 Å². The number of benzene rings is 2. The summed E-state index contributed by atoms with van der Waals surface area (Å²) < 4.78 is 6.32. The monoisotopic (exact) mass is 333 g/mol. The summed E-state index contributed by atoms with van der Waals surface area (Å²) in [4.78, 5) is 0. The molecule has 0 unspecified atom stereocenters. The smallest absolute Gasteiger partial charge is 0.136 e. The highest BCUT2D eigenvalue weighted by molar-refractivity contribution is 6.35. The normalized spacial score (nSPS) is 15.4. The summed E-state index contributed by atoms with van der Waals surface area (Å²) in [5, 5.41) is 1.26. The average molecular weight is 334 g/mol. The number of nitrogen functional groups attached to an aromatic ring is 1. The van der Waals surface area contributed by atoms with Gasteiger partial charge in [-0.2, -0.15) is 0 Å². The van der Waals surface area contributed by atoms with Gasteiger partial charge in [0.1, 0.15) is 11.4 Å². The average Bonchev–Trinajstić information content (AvgIpc) is 3.21. The zero-order valence-electron chi connectivity index (χ0n) is 12.3. The van der Waals surface area contributed by atoms with Crippen molar-refractivity contribution in [2.45, 2.75) is 25.4 Å². The highest BCUT2D eigenvalue weighted by atomic mass is 35.5. The molecule has 4 heteroatoms. The van der Waals surface area contributed by atoms with E-state index in [0.717, 1.165) is 35.3 Å². The molecule has 2 nitrogen and oxygen atoms in total. The summed E-state index contributed by atoms with van der Waals surface area (Å²) in [5.74, 6) is 0.783. The van der Waals surface area contributed by atoms with Crippen LogP contribution in [0.1, 0.15) is 30.9 Å². The van der Waals surface area contributed by atoms with Crippen LogP contribution in [-0.2, 0) is 5.60 Å². The lowest BCUT2D eigenvalue weighted by atomic mass is 10.0. The molecule has 3 rings (SSSR count). The summed E-state index contributed by atoms with van der Waals surface area (Å²) in [6, 6.07) is 11.1. The van der Waals surface area contributed by atoms with E-state index in [0.29, 0.717) is 15.7 Å². The summed E-state index contributed by atoms with van der Waals surface area (Å²) in [6.07, 6.45) is 1.85. The molecular weight excluding hydrogens is 317 g/mol. The number of hydrogen-bond donors (Lipinski definition) is 1. The van der Waals surface area contributed by atoms with Crippen molar-refractivity contribution >= 4 is 34.5 Å². The van der Waals surface area contributed by atoms with Crippen molar-refractivity contribution in [3.63, 3.8) is 0 Å². The van der Waals surface area contributed by atoms with Gasteiger partial charge in [-0.1, -0.05) is 35.8 Å². The number of halogens is 2. The molecule has 2 aromatic rings. The Bertz CT molecular complexity index is 751. The van der Waals surface area contributed by atoms with E-state index in [9.17, 15) is 0 Å². The third-order valence-electron chi connectivity index (χ3n) is 3.89. The van der Waals surface area contributed by atoms with Gasteiger partial charge >= 0.3 is 0 Å². The molecule has 0 heterocycles. The van der Waals surface area contributed by atoms with Crippen LogP contribution in [0, 0.1) is 0 Å². The molecule has 0 radical (unpaired) electrons. The molecule has 2 aromatic carbocycles. The molecule has 22 heavy (non-hydrogen) atoms. The maximum atomic E-state index is 6.35. The first-order valence-electron chi connectivity index (χ1n) is 7.11. The number of hydrogen-bond acceptors (Lipinski definition) is 2. The van der Waals surface area contributed by atoms with Gasteiger partial charge < -0.3 is 10.5 Å². The summed E-state index contributed by atoms with van der Waals surface area (Å²) >= 11 is 12.3. The van der Waals surface area contributed by atoms with Gasteiger partial charge in [-0.15, -0.1) is 0 Å². The molecule has 0 aliphatic heterocycles. The minimum Gasteiger partial charge on any atom is -0.482 e. The van der Waals surface area contributed by atoms with Crippen LogP contribution < -0.4 is 10.5 Å². The van der Waals surface area contributed by atoms with Gasteiger partial charge in [-0.3, -0.25) is 0 Å². The Hall–Kier alpha value is -1.64. The van der Waals surface area contributed by atoms with E-state index in [1.54, 1.807) is 6.07 Å². The second-order valence-corrected chi connectivity index (χ2v) is 6.60. The largest absolute Gasteiger partial charge is 0.482 e. The van der Waals surface area contributed by atoms with Gasteiger partial charge in [0.15, 0.2) is 0 Å². The third kappa shape index (κ3) is 2.81. The maximum absolute atomic E-state index is 6.35. The number of nitrogens with two attached hydrogens (primary N) is 1. The van der Waals surface area contributed by atoms with E-state index in [-0.39, 0.29) is 5.60 Å². The molecular formula is C18H17Cl2NO. The van der Waals surface area contributed by atoms with E-state index in [1.165, 1.54) is 0 Å². The fourth-order valence-electron chi connectivity index (χ4n) is 2.58. The van der Waals surface area contributed by atoms with Crippen molar-refractivity contribution in [1.82, 2.24) is 0 Å². The number of ether oxygens (including phenoxy) is 1. The summed E-state index contributed by atoms with van der Waals surface area (Å²) in [7, 11) is 0. The number of rotatable bonds is 4. The molecule has 0 spiro atoms. The van der Waals surface area contributed by atoms with Gasteiger partial charge in [-0.05, 0) is 55.7 Å². The molecule has 1 aliphatic rings. The molecule has 0 saturated heterocycles. The molecule has 1 aliphatic carbocycles. The lowest BCUT2D eigenvalue weighted by Crippen LogP contribution is -2.17. The fourth-order valence-corrected chi connectivity index (χ4v) is 3.16. The second-order valence-electron chi connectivity index (χ2n) is 5.76.